The topological polar surface area (TPSA) is 64.2 Å². The summed E-state index contributed by atoms with van der Waals surface area (Å²) in [6.45, 7) is -0.967. The number of nitrogens with zero attached hydrogens (tertiary/aromatic N) is 1. The maximum atomic E-state index is 14.6. The van der Waals surface area contributed by atoms with Crippen molar-refractivity contribution < 1.29 is 22.3 Å². The average Bonchev–Trinajstić information content (AvgIpc) is 3.20. The molecule has 0 bridgehead atoms. The lowest BCUT2D eigenvalue weighted by Crippen LogP contribution is -2.41. The molecule has 4 rings (SSSR count). The van der Waals surface area contributed by atoms with E-state index in [1.54, 1.807) is 43.1 Å². The first-order chi connectivity index (χ1) is 17.7. The molecule has 0 amide bonds. The van der Waals surface area contributed by atoms with Crippen molar-refractivity contribution in [2.24, 2.45) is 5.73 Å². The van der Waals surface area contributed by atoms with Crippen LogP contribution >= 0.6 is 11.8 Å². The summed E-state index contributed by atoms with van der Waals surface area (Å²) in [5.41, 5.74) is 7.81. The number of nitrogens with two attached hydrogens (primary N) is 1. The molecule has 1 heterocycles. The van der Waals surface area contributed by atoms with Gasteiger partial charge in [-0.3, -0.25) is 0 Å². The van der Waals surface area contributed by atoms with E-state index in [9.17, 15) is 17.6 Å². The molecule has 3 aromatic rings. The van der Waals surface area contributed by atoms with E-state index in [0.717, 1.165) is 15.1 Å². The molecule has 37 heavy (non-hydrogen) atoms. The van der Waals surface area contributed by atoms with Crippen molar-refractivity contribution >= 4 is 34.0 Å². The molecule has 0 aliphatic heterocycles. The molecule has 10 heteroatoms. The van der Waals surface area contributed by atoms with Crippen LogP contribution in [0.4, 0.5) is 28.9 Å². The van der Waals surface area contributed by atoms with Gasteiger partial charge in [-0.1, -0.05) is 12.0 Å². The van der Waals surface area contributed by atoms with Gasteiger partial charge < -0.3 is 25.7 Å². The fourth-order valence-corrected chi connectivity index (χ4v) is 5.02. The molecule has 3 atom stereocenters. The molecule has 1 aromatic heterocycles. The summed E-state index contributed by atoms with van der Waals surface area (Å²) < 4.78 is 61.6. The number of anilines is 2. The predicted molar refractivity (Wildman–Crippen MR) is 142 cm³/mol. The summed E-state index contributed by atoms with van der Waals surface area (Å²) in [5.74, 6) is 6.47. The van der Waals surface area contributed by atoms with Gasteiger partial charge in [-0.2, -0.15) is 13.2 Å². The largest absolute Gasteiger partial charge is 0.495 e. The number of methoxy groups -OCH3 is 1. The lowest BCUT2D eigenvalue weighted by molar-refractivity contribution is -0.140. The predicted octanol–water partition coefficient (Wildman–Crippen LogP) is 6.03. The molecular formula is C27H30F4N4OS. The summed E-state index contributed by atoms with van der Waals surface area (Å²) >= 11 is 1.59. The highest BCUT2D eigenvalue weighted by Gasteiger charge is 2.31. The van der Waals surface area contributed by atoms with Gasteiger partial charge in [-0.05, 0) is 67.8 Å². The van der Waals surface area contributed by atoms with Crippen LogP contribution in [0.1, 0.15) is 25.0 Å². The Morgan fingerprint density at radius 1 is 1.16 bits per heavy atom. The quantitative estimate of drug-likeness (QED) is 0.196. The number of rotatable bonds is 7. The fourth-order valence-electron chi connectivity index (χ4n) is 4.59. The molecule has 198 valence electrons. The van der Waals surface area contributed by atoms with E-state index < -0.39 is 24.9 Å². The summed E-state index contributed by atoms with van der Waals surface area (Å²) in [7, 11) is 1.57. The summed E-state index contributed by atoms with van der Waals surface area (Å²) in [4.78, 5) is 1.05. The Labute approximate surface area is 218 Å². The van der Waals surface area contributed by atoms with Gasteiger partial charge in [0.05, 0.1) is 36.6 Å². The number of thioether (sulfide) groups is 1. The van der Waals surface area contributed by atoms with Gasteiger partial charge in [0.25, 0.3) is 0 Å². The van der Waals surface area contributed by atoms with Crippen LogP contribution in [0, 0.1) is 11.8 Å². The van der Waals surface area contributed by atoms with Crippen LogP contribution in [0.15, 0.2) is 47.4 Å². The van der Waals surface area contributed by atoms with E-state index in [1.165, 1.54) is 0 Å². The number of halogens is 4. The summed E-state index contributed by atoms with van der Waals surface area (Å²) in [6.07, 6.45) is -2.07. The van der Waals surface area contributed by atoms with Crippen molar-refractivity contribution in [3.8, 4) is 17.6 Å². The number of ether oxygens (including phenoxy) is 1. The Hall–Kier alpha value is -3.03. The van der Waals surface area contributed by atoms with Crippen LogP contribution in [-0.2, 0) is 6.54 Å². The van der Waals surface area contributed by atoms with Gasteiger partial charge in [-0.25, -0.2) is 4.39 Å². The third-order valence-corrected chi connectivity index (χ3v) is 7.15. The Balaban J connectivity index is 1.60. The van der Waals surface area contributed by atoms with Crippen LogP contribution in [-0.4, -0.2) is 48.9 Å². The number of alkyl halides is 4. The first-order valence-corrected chi connectivity index (χ1v) is 13.2. The standard InChI is InChI=1S/C27H30F4N4OS/c1-36-26-15-19(37-2)9-11-24(26)33-12-4-5-18-14-20-22(34-23-10-8-17(32)13-21(23)28)6-3-7-25(20)35(18)16-27(29,30)31/h3,6-7,9,11,14-15,17,21,23,33-34H,8,10,12-13,16,32H2,1-2H3. The normalized spacial score (nSPS) is 19.8. The molecule has 3 unspecified atom stereocenters. The molecule has 1 saturated carbocycles. The highest BCUT2D eigenvalue weighted by atomic mass is 32.2. The Morgan fingerprint density at radius 2 is 1.97 bits per heavy atom. The second-order valence-electron chi connectivity index (χ2n) is 9.03. The number of hydrogen-bond donors (Lipinski definition) is 3. The third-order valence-electron chi connectivity index (χ3n) is 6.43. The van der Waals surface area contributed by atoms with Crippen molar-refractivity contribution in [3.63, 3.8) is 0 Å². The van der Waals surface area contributed by atoms with Crippen LogP contribution in [0.2, 0.25) is 0 Å². The lowest BCUT2D eigenvalue weighted by Gasteiger charge is -2.31. The Bertz CT molecular complexity index is 1300. The minimum atomic E-state index is -4.43. The van der Waals surface area contributed by atoms with Crippen molar-refractivity contribution in [2.45, 2.75) is 55.1 Å². The lowest BCUT2D eigenvalue weighted by atomic mass is 9.90. The van der Waals surface area contributed by atoms with Gasteiger partial charge >= 0.3 is 6.18 Å². The van der Waals surface area contributed by atoms with E-state index in [-0.39, 0.29) is 24.7 Å². The highest BCUT2D eigenvalue weighted by molar-refractivity contribution is 7.98. The zero-order valence-corrected chi connectivity index (χ0v) is 21.5. The summed E-state index contributed by atoms with van der Waals surface area (Å²) in [6, 6.07) is 11.8. The van der Waals surface area contributed by atoms with Crippen LogP contribution < -0.4 is 21.1 Å². The van der Waals surface area contributed by atoms with Gasteiger partial charge in [0, 0.05) is 22.0 Å². The molecule has 1 aliphatic carbocycles. The highest BCUT2D eigenvalue weighted by Crippen LogP contribution is 2.33. The zero-order valence-electron chi connectivity index (χ0n) is 20.7. The number of fused-ring (bicyclic) bond motifs is 1. The Kier molecular flexibility index (Phi) is 8.45. The smallest absolute Gasteiger partial charge is 0.406 e. The van der Waals surface area contributed by atoms with Crippen LogP contribution in [0.25, 0.3) is 10.9 Å². The van der Waals surface area contributed by atoms with E-state index >= 15 is 0 Å². The van der Waals surface area contributed by atoms with E-state index in [4.69, 9.17) is 10.5 Å². The van der Waals surface area contributed by atoms with E-state index in [1.807, 2.05) is 24.5 Å². The van der Waals surface area contributed by atoms with Gasteiger partial charge in [0.15, 0.2) is 0 Å². The van der Waals surface area contributed by atoms with Gasteiger partial charge in [-0.15, -0.1) is 11.8 Å². The second kappa shape index (κ2) is 11.6. The minimum absolute atomic E-state index is 0.171. The summed E-state index contributed by atoms with van der Waals surface area (Å²) in [5, 5.41) is 6.93. The molecular weight excluding hydrogens is 504 g/mol. The van der Waals surface area contributed by atoms with Crippen molar-refractivity contribution in [3.05, 3.63) is 48.2 Å². The molecule has 1 fully saturated rings. The number of aromatic nitrogens is 1. The average molecular weight is 535 g/mol. The Morgan fingerprint density at radius 3 is 2.68 bits per heavy atom. The molecule has 1 aliphatic rings. The second-order valence-corrected chi connectivity index (χ2v) is 9.91. The fraction of sp³-hybridized carbons (Fsp3) is 0.407. The zero-order chi connectivity index (χ0) is 26.6. The minimum Gasteiger partial charge on any atom is -0.495 e. The van der Waals surface area contributed by atoms with Crippen LogP contribution in [0.5, 0.6) is 5.75 Å². The molecule has 0 spiro atoms. The van der Waals surface area contributed by atoms with E-state index in [0.29, 0.717) is 35.2 Å². The molecule has 4 N–H and O–H groups in total. The number of nitrogens with one attached hydrogen (secondary N) is 2. The van der Waals surface area contributed by atoms with E-state index in [2.05, 4.69) is 22.5 Å². The van der Waals surface area contributed by atoms with Crippen molar-refractivity contribution in [1.29, 1.82) is 0 Å². The maximum absolute atomic E-state index is 14.6. The molecule has 5 nitrogen and oxygen atoms in total. The molecule has 0 radical (unpaired) electrons. The van der Waals surface area contributed by atoms with Crippen molar-refractivity contribution in [2.75, 3.05) is 30.5 Å². The molecule has 0 saturated heterocycles. The van der Waals surface area contributed by atoms with Crippen molar-refractivity contribution in [1.82, 2.24) is 4.57 Å². The molecule has 2 aromatic carbocycles. The maximum Gasteiger partial charge on any atom is 0.406 e. The SMILES string of the molecule is COc1cc(SC)ccc1NCC#Cc1cc2c(NC3CCC(N)CC3F)cccc2n1CC(F)(F)F. The number of hydrogen-bond acceptors (Lipinski definition) is 5. The van der Waals surface area contributed by atoms with Crippen LogP contribution in [0.3, 0.4) is 0 Å². The monoisotopic (exact) mass is 534 g/mol. The van der Waals surface area contributed by atoms with Gasteiger partial charge in [0.1, 0.15) is 18.5 Å². The first-order valence-electron chi connectivity index (χ1n) is 12.0. The first kappa shape index (κ1) is 27.0. The van der Waals surface area contributed by atoms with Gasteiger partial charge in [0.2, 0.25) is 0 Å². The number of benzene rings is 2. The third kappa shape index (κ3) is 6.65.